The Bertz CT molecular complexity index is 413. The van der Waals surface area contributed by atoms with Gasteiger partial charge in [-0.25, -0.2) is 8.78 Å². The van der Waals surface area contributed by atoms with E-state index in [0.717, 1.165) is 25.2 Å². The average Bonchev–Trinajstić information content (AvgIpc) is 2.37. The molecule has 0 aliphatic rings. The minimum Gasteiger partial charge on any atom is -0.379 e. The van der Waals surface area contributed by atoms with E-state index in [-0.39, 0.29) is 11.3 Å². The van der Waals surface area contributed by atoms with Gasteiger partial charge in [0, 0.05) is 13.1 Å². The Morgan fingerprint density at radius 2 is 1.78 bits per heavy atom. The molecule has 1 aromatic rings. The summed E-state index contributed by atoms with van der Waals surface area (Å²) < 4.78 is 27.0. The van der Waals surface area contributed by atoms with Crippen LogP contribution < -0.4 is 5.32 Å². The van der Waals surface area contributed by atoms with Crippen molar-refractivity contribution >= 4 is 5.69 Å². The van der Waals surface area contributed by atoms with Gasteiger partial charge in [0.05, 0.1) is 11.6 Å². The minimum absolute atomic E-state index is 0.0145. The second-order valence-corrected chi connectivity index (χ2v) is 3.88. The van der Waals surface area contributed by atoms with Crippen molar-refractivity contribution in [2.75, 3.05) is 31.5 Å². The molecule has 0 atom stereocenters. The van der Waals surface area contributed by atoms with Crippen molar-refractivity contribution in [1.29, 1.82) is 5.26 Å². The predicted molar refractivity (Wildman–Crippen MR) is 67.4 cm³/mol. The van der Waals surface area contributed by atoms with E-state index in [1.807, 2.05) is 13.8 Å². The van der Waals surface area contributed by atoms with Crippen molar-refractivity contribution in [3.8, 4) is 6.07 Å². The molecule has 0 heterocycles. The lowest BCUT2D eigenvalue weighted by atomic mass is 10.2. The van der Waals surface area contributed by atoms with Crippen molar-refractivity contribution < 1.29 is 8.78 Å². The number of nitrogens with zero attached hydrogens (tertiary/aromatic N) is 2. The van der Waals surface area contributed by atoms with Gasteiger partial charge in [-0.3, -0.25) is 0 Å². The van der Waals surface area contributed by atoms with Crippen LogP contribution in [0, 0.1) is 23.0 Å². The molecule has 0 aliphatic carbocycles. The Morgan fingerprint density at radius 1 is 1.22 bits per heavy atom. The maximum atomic E-state index is 13.5. The molecule has 0 amide bonds. The van der Waals surface area contributed by atoms with Crippen LogP contribution in [0.3, 0.4) is 0 Å². The molecule has 1 rings (SSSR count). The van der Waals surface area contributed by atoms with Crippen molar-refractivity contribution in [2.24, 2.45) is 0 Å². The van der Waals surface area contributed by atoms with Crippen molar-refractivity contribution in [1.82, 2.24) is 4.90 Å². The molecule has 1 N–H and O–H groups in total. The summed E-state index contributed by atoms with van der Waals surface area (Å²) in [5.41, 5.74) is -0.180. The molecule has 5 heteroatoms. The third-order valence-electron chi connectivity index (χ3n) is 2.80. The quantitative estimate of drug-likeness (QED) is 0.847. The van der Waals surface area contributed by atoms with Crippen molar-refractivity contribution in [3.05, 3.63) is 29.3 Å². The van der Waals surface area contributed by atoms with Crippen molar-refractivity contribution in [2.45, 2.75) is 13.8 Å². The molecule has 3 nitrogen and oxygen atoms in total. The highest BCUT2D eigenvalue weighted by molar-refractivity contribution is 5.50. The Hall–Kier alpha value is -1.67. The zero-order valence-electron chi connectivity index (χ0n) is 10.6. The first kappa shape index (κ1) is 14.4. The number of rotatable bonds is 6. The van der Waals surface area contributed by atoms with Crippen LogP contribution in [-0.2, 0) is 0 Å². The van der Waals surface area contributed by atoms with Gasteiger partial charge < -0.3 is 10.2 Å². The highest BCUT2D eigenvalue weighted by Gasteiger charge is 2.10. The number of likely N-dealkylation sites (N-methyl/N-ethyl adjacent to an activating group) is 1. The lowest BCUT2D eigenvalue weighted by molar-refractivity contribution is 0.315. The number of nitrogens with one attached hydrogen (secondary N) is 1. The van der Waals surface area contributed by atoms with E-state index in [4.69, 9.17) is 5.26 Å². The van der Waals surface area contributed by atoms with Gasteiger partial charge in [0.25, 0.3) is 0 Å². The smallest absolute Gasteiger partial charge is 0.150 e. The fraction of sp³-hybridized carbons (Fsp3) is 0.462. The maximum Gasteiger partial charge on any atom is 0.150 e. The van der Waals surface area contributed by atoms with Crippen LogP contribution in [0.4, 0.5) is 14.5 Å². The third-order valence-corrected chi connectivity index (χ3v) is 2.80. The van der Waals surface area contributed by atoms with E-state index < -0.39 is 11.6 Å². The molecule has 0 aromatic heterocycles. The summed E-state index contributed by atoms with van der Waals surface area (Å²) in [5, 5.41) is 11.3. The summed E-state index contributed by atoms with van der Waals surface area (Å²) in [6, 6.07) is 3.77. The van der Waals surface area contributed by atoms with E-state index in [0.29, 0.717) is 13.1 Å². The van der Waals surface area contributed by atoms with E-state index in [1.54, 1.807) is 6.07 Å². The molecule has 0 saturated carbocycles. The first-order chi connectivity index (χ1) is 8.62. The van der Waals surface area contributed by atoms with E-state index >= 15 is 0 Å². The maximum absolute atomic E-state index is 13.5. The molecular formula is C13H17F2N3. The summed E-state index contributed by atoms with van der Waals surface area (Å²) in [7, 11) is 0. The second kappa shape index (κ2) is 6.92. The third kappa shape index (κ3) is 3.67. The van der Waals surface area contributed by atoms with Crippen LogP contribution in [0.1, 0.15) is 19.4 Å². The monoisotopic (exact) mass is 253 g/mol. The summed E-state index contributed by atoms with van der Waals surface area (Å²) >= 11 is 0. The largest absolute Gasteiger partial charge is 0.379 e. The van der Waals surface area contributed by atoms with Crippen LogP contribution in [0.15, 0.2) is 12.1 Å². The number of halogens is 2. The van der Waals surface area contributed by atoms with Crippen LogP contribution in [0.2, 0.25) is 0 Å². The van der Waals surface area contributed by atoms with Crippen LogP contribution in [0.5, 0.6) is 0 Å². The summed E-state index contributed by atoms with van der Waals surface area (Å²) in [5.74, 6) is -1.46. The van der Waals surface area contributed by atoms with E-state index in [1.165, 1.54) is 0 Å². The van der Waals surface area contributed by atoms with E-state index in [2.05, 4.69) is 10.2 Å². The second-order valence-electron chi connectivity index (χ2n) is 3.88. The zero-order valence-corrected chi connectivity index (χ0v) is 10.6. The van der Waals surface area contributed by atoms with Gasteiger partial charge in [0.1, 0.15) is 5.69 Å². The number of nitriles is 1. The van der Waals surface area contributed by atoms with Gasteiger partial charge >= 0.3 is 0 Å². The normalized spacial score (nSPS) is 10.4. The number of benzene rings is 1. The van der Waals surface area contributed by atoms with Crippen LogP contribution >= 0.6 is 0 Å². The number of hydrogen-bond acceptors (Lipinski definition) is 3. The molecule has 0 saturated heterocycles. The lowest BCUT2D eigenvalue weighted by Gasteiger charge is -2.18. The van der Waals surface area contributed by atoms with Gasteiger partial charge in [0.15, 0.2) is 11.6 Å². The molecule has 0 unspecified atom stereocenters. The molecule has 98 valence electrons. The average molecular weight is 253 g/mol. The Balaban J connectivity index is 2.66. The number of hydrogen-bond donors (Lipinski definition) is 1. The van der Waals surface area contributed by atoms with Gasteiger partial charge in [-0.15, -0.1) is 0 Å². The standard InChI is InChI=1S/C13H17F2N3/c1-3-18(4-2)6-5-17-13-11(14)7-10(9-16)8-12(13)15/h7-8,17H,3-6H2,1-2H3. The van der Waals surface area contributed by atoms with Crippen molar-refractivity contribution in [3.63, 3.8) is 0 Å². The number of anilines is 1. The molecule has 18 heavy (non-hydrogen) atoms. The summed E-state index contributed by atoms with van der Waals surface area (Å²) in [6.07, 6.45) is 0. The fourth-order valence-electron chi connectivity index (χ4n) is 1.69. The summed E-state index contributed by atoms with van der Waals surface area (Å²) in [6.45, 7) is 7.04. The SMILES string of the molecule is CCN(CC)CCNc1c(F)cc(C#N)cc1F. The molecule has 1 aromatic carbocycles. The molecule has 0 aliphatic heterocycles. The van der Waals surface area contributed by atoms with E-state index in [9.17, 15) is 8.78 Å². The predicted octanol–water partition coefficient (Wildman–Crippen LogP) is 2.59. The summed E-state index contributed by atoms with van der Waals surface area (Å²) in [4.78, 5) is 2.15. The Morgan fingerprint density at radius 3 is 2.22 bits per heavy atom. The topological polar surface area (TPSA) is 39.1 Å². The van der Waals surface area contributed by atoms with Gasteiger partial charge in [-0.05, 0) is 25.2 Å². The van der Waals surface area contributed by atoms with Gasteiger partial charge in [0.2, 0.25) is 0 Å². The Kier molecular flexibility index (Phi) is 5.53. The van der Waals surface area contributed by atoms with Crippen LogP contribution in [-0.4, -0.2) is 31.1 Å². The van der Waals surface area contributed by atoms with Gasteiger partial charge in [-0.1, -0.05) is 13.8 Å². The Labute approximate surface area is 106 Å². The molecule has 0 radical (unpaired) electrons. The molecular weight excluding hydrogens is 236 g/mol. The fourth-order valence-corrected chi connectivity index (χ4v) is 1.69. The van der Waals surface area contributed by atoms with Crippen LogP contribution in [0.25, 0.3) is 0 Å². The highest BCUT2D eigenvalue weighted by atomic mass is 19.1. The first-order valence-corrected chi connectivity index (χ1v) is 5.97. The zero-order chi connectivity index (χ0) is 13.5. The van der Waals surface area contributed by atoms with Gasteiger partial charge in [-0.2, -0.15) is 5.26 Å². The minimum atomic E-state index is -0.730. The molecule has 0 fully saturated rings. The molecule has 0 spiro atoms. The highest BCUT2D eigenvalue weighted by Crippen LogP contribution is 2.20. The first-order valence-electron chi connectivity index (χ1n) is 5.97. The molecule has 0 bridgehead atoms. The lowest BCUT2D eigenvalue weighted by Crippen LogP contribution is -2.29.